The van der Waals surface area contributed by atoms with Crippen molar-refractivity contribution in [2.75, 3.05) is 13.2 Å². The number of hydrogen-bond donors (Lipinski definition) is 3. The highest BCUT2D eigenvalue weighted by molar-refractivity contribution is 5.76. The van der Waals surface area contributed by atoms with Gasteiger partial charge in [-0.25, -0.2) is 0 Å². The van der Waals surface area contributed by atoms with Gasteiger partial charge >= 0.3 is 0 Å². The molecule has 476 valence electrons. The first-order valence-electron chi connectivity index (χ1n) is 35.3. The number of unbranched alkanes of at least 4 members (excludes halogenated alkanes) is 33. The molecule has 2 fully saturated rings. The van der Waals surface area contributed by atoms with E-state index in [0.29, 0.717) is 39.2 Å². The van der Waals surface area contributed by atoms with Crippen molar-refractivity contribution in [3.63, 3.8) is 0 Å². The summed E-state index contributed by atoms with van der Waals surface area (Å²) in [6, 6.07) is 30.2. The highest BCUT2D eigenvalue weighted by Gasteiger charge is 2.49. The average molecular weight is 1170 g/mol. The van der Waals surface area contributed by atoms with Crippen LogP contribution in [0.15, 0.2) is 91.0 Å². The molecule has 1 heterocycles. The van der Waals surface area contributed by atoms with Crippen LogP contribution in [0.1, 0.15) is 288 Å². The van der Waals surface area contributed by atoms with Crippen molar-refractivity contribution in [3.8, 4) is 0 Å². The van der Waals surface area contributed by atoms with Crippen molar-refractivity contribution in [2.45, 2.75) is 340 Å². The lowest BCUT2D eigenvalue weighted by molar-refractivity contribution is -0.200. The summed E-state index contributed by atoms with van der Waals surface area (Å²) >= 11 is 0. The molecule has 5 rings (SSSR count). The number of ether oxygens (including phenoxy) is 5. The molecule has 84 heavy (non-hydrogen) atoms. The summed E-state index contributed by atoms with van der Waals surface area (Å²) in [5, 5.41) is 18.7. The van der Waals surface area contributed by atoms with Gasteiger partial charge in [0.2, 0.25) is 5.91 Å². The minimum absolute atomic E-state index is 0.0647. The summed E-state index contributed by atoms with van der Waals surface area (Å²) in [5.74, 6) is -0.955. The van der Waals surface area contributed by atoms with Crippen LogP contribution in [0.4, 0.5) is 0 Å². The van der Waals surface area contributed by atoms with Gasteiger partial charge in [-0.2, -0.15) is 0 Å². The number of aliphatic hydroxyl groups is 1. The Labute approximate surface area is 514 Å². The van der Waals surface area contributed by atoms with Gasteiger partial charge in [0, 0.05) is 31.5 Å². The number of nitrogens with one attached hydrogen (secondary N) is 2. The normalized spacial score (nSPS) is 20.8. The number of hydrogen-bond acceptors (Lipinski definition) is 8. The number of aliphatic hydroxyl groups excluding tert-OH is 1. The van der Waals surface area contributed by atoms with Crippen LogP contribution >= 0.6 is 0 Å². The molecule has 3 aromatic carbocycles. The van der Waals surface area contributed by atoms with Gasteiger partial charge in [-0.1, -0.05) is 323 Å². The smallest absolute Gasteiger partial charge is 0.220 e. The highest BCUT2D eigenvalue weighted by Crippen LogP contribution is 2.36. The Kier molecular flexibility index (Phi) is 39.2. The Morgan fingerprint density at radius 2 is 0.845 bits per heavy atom. The number of carbonyl (C=O) groups is 1. The predicted octanol–water partition coefficient (Wildman–Crippen LogP) is 19.2. The minimum atomic E-state index is -0.783. The fourth-order valence-corrected chi connectivity index (χ4v) is 13.1. The van der Waals surface area contributed by atoms with Gasteiger partial charge in [-0.3, -0.25) is 4.79 Å². The molecule has 3 N–H and O–H groups in total. The van der Waals surface area contributed by atoms with E-state index in [4.69, 9.17) is 23.7 Å². The SMILES string of the molecule is CCCCCCCCCCCCCCCCCCCCCCCCCC(=O)N[C@@H](CN[C@H]1C[C@H](CO)[C@H](OCc2ccccc2)[C@H](OCc2ccccc2)[C@H]1OCc1ccccc1)[C@@H]1OC(C)(C)O[C@@H]1CCCCCCCCCCCCCC. The summed E-state index contributed by atoms with van der Waals surface area (Å²) in [4.78, 5) is 14.2. The number of benzene rings is 3. The van der Waals surface area contributed by atoms with Crippen LogP contribution in [0.25, 0.3) is 0 Å². The maximum Gasteiger partial charge on any atom is 0.220 e. The molecule has 1 aliphatic heterocycles. The van der Waals surface area contributed by atoms with E-state index in [2.05, 4.69) is 60.9 Å². The largest absolute Gasteiger partial charge is 0.396 e. The van der Waals surface area contributed by atoms with E-state index in [0.717, 1.165) is 42.4 Å². The standard InChI is InChI=1S/C75H124N2O7/c1-5-7-9-11-13-15-17-19-20-21-22-23-24-25-26-27-28-29-31-33-35-37-48-56-70(79)77-68(72-69(83-75(3,4)84-72)55-47-36-34-32-30-18-16-14-12-10-8-6-2)58-76-67-57-66(59-78)71(80-60-63-49-41-38-42-50-63)74(82-62-65-53-45-40-46-54-65)73(67)81-61-64-51-43-39-44-52-64/h38-46,49-54,66-69,71-74,76,78H,5-37,47-48,55-62H2,1-4H3,(H,77,79)/t66-,67+,68+,69-,71+,72+,73+,74+/m1/s1. The highest BCUT2D eigenvalue weighted by atomic mass is 16.8. The van der Waals surface area contributed by atoms with Crippen LogP contribution in [0, 0.1) is 5.92 Å². The van der Waals surface area contributed by atoms with Crippen LogP contribution in [-0.2, 0) is 48.3 Å². The first kappa shape index (κ1) is 71.6. The van der Waals surface area contributed by atoms with Crippen LogP contribution in [-0.4, -0.2) is 72.6 Å². The molecule has 0 spiro atoms. The van der Waals surface area contributed by atoms with Crippen molar-refractivity contribution >= 4 is 5.91 Å². The third-order valence-corrected chi connectivity index (χ3v) is 18.1. The Hall–Kier alpha value is -3.15. The Balaban J connectivity index is 1.16. The third kappa shape index (κ3) is 31.2. The van der Waals surface area contributed by atoms with Crippen LogP contribution in [0.5, 0.6) is 0 Å². The molecule has 0 radical (unpaired) electrons. The molecule has 3 aromatic rings. The molecule has 2 aliphatic rings. The molecular weight excluding hydrogens is 1040 g/mol. The van der Waals surface area contributed by atoms with E-state index in [1.54, 1.807) is 0 Å². The Morgan fingerprint density at radius 1 is 0.488 bits per heavy atom. The van der Waals surface area contributed by atoms with Crippen molar-refractivity contribution in [3.05, 3.63) is 108 Å². The Bertz CT molecular complexity index is 1990. The zero-order chi connectivity index (χ0) is 59.4. The van der Waals surface area contributed by atoms with E-state index >= 15 is 0 Å². The van der Waals surface area contributed by atoms with E-state index in [1.165, 1.54) is 205 Å². The molecule has 1 amide bonds. The van der Waals surface area contributed by atoms with Crippen LogP contribution < -0.4 is 10.6 Å². The van der Waals surface area contributed by atoms with Gasteiger partial charge in [0.25, 0.3) is 0 Å². The van der Waals surface area contributed by atoms with E-state index in [1.807, 2.05) is 68.4 Å². The quantitative estimate of drug-likeness (QED) is 0.0480. The first-order valence-corrected chi connectivity index (χ1v) is 35.3. The summed E-state index contributed by atoms with van der Waals surface area (Å²) in [6.45, 7) is 10.1. The zero-order valence-electron chi connectivity index (χ0n) is 54.1. The first-order chi connectivity index (χ1) is 41.3. The molecule has 0 bridgehead atoms. The van der Waals surface area contributed by atoms with Crippen LogP contribution in [0.3, 0.4) is 0 Å². The fourth-order valence-electron chi connectivity index (χ4n) is 13.1. The molecule has 8 atom stereocenters. The van der Waals surface area contributed by atoms with E-state index in [-0.39, 0.29) is 42.7 Å². The number of amides is 1. The van der Waals surface area contributed by atoms with Crippen molar-refractivity contribution in [2.24, 2.45) is 5.92 Å². The maximum absolute atomic E-state index is 14.2. The summed E-state index contributed by atoms with van der Waals surface area (Å²) in [5.41, 5.74) is 3.19. The number of rotatable bonds is 52. The Morgan fingerprint density at radius 3 is 1.24 bits per heavy atom. The average Bonchev–Trinajstić information content (AvgIpc) is 3.96. The lowest BCUT2D eigenvalue weighted by atomic mass is 9.79. The third-order valence-electron chi connectivity index (χ3n) is 18.1. The summed E-state index contributed by atoms with van der Waals surface area (Å²) < 4.78 is 34.5. The minimum Gasteiger partial charge on any atom is -0.396 e. The molecular formula is C75H124N2O7. The van der Waals surface area contributed by atoms with Gasteiger partial charge in [0.05, 0.1) is 38.1 Å². The maximum atomic E-state index is 14.2. The van der Waals surface area contributed by atoms with Gasteiger partial charge in [-0.15, -0.1) is 0 Å². The second-order valence-corrected chi connectivity index (χ2v) is 26.0. The van der Waals surface area contributed by atoms with Crippen molar-refractivity contribution < 1.29 is 33.6 Å². The second-order valence-electron chi connectivity index (χ2n) is 26.0. The number of carbonyl (C=O) groups excluding carboxylic acids is 1. The second kappa shape index (κ2) is 46.0. The molecule has 1 aliphatic carbocycles. The molecule has 1 saturated carbocycles. The van der Waals surface area contributed by atoms with Crippen molar-refractivity contribution in [1.29, 1.82) is 0 Å². The molecule has 0 aromatic heterocycles. The molecule has 0 unspecified atom stereocenters. The van der Waals surface area contributed by atoms with E-state index < -0.39 is 24.1 Å². The van der Waals surface area contributed by atoms with E-state index in [9.17, 15) is 9.90 Å². The van der Waals surface area contributed by atoms with Gasteiger partial charge in [0.1, 0.15) is 18.3 Å². The van der Waals surface area contributed by atoms with Gasteiger partial charge in [0.15, 0.2) is 5.79 Å². The van der Waals surface area contributed by atoms with Gasteiger partial charge < -0.3 is 39.4 Å². The topological polar surface area (TPSA) is 108 Å². The molecule has 9 heteroatoms. The molecule has 9 nitrogen and oxygen atoms in total. The zero-order valence-corrected chi connectivity index (χ0v) is 54.1. The lowest BCUT2D eigenvalue weighted by Gasteiger charge is -2.46. The summed E-state index contributed by atoms with van der Waals surface area (Å²) in [7, 11) is 0. The van der Waals surface area contributed by atoms with Crippen molar-refractivity contribution in [1.82, 2.24) is 10.6 Å². The monoisotopic (exact) mass is 1160 g/mol. The van der Waals surface area contributed by atoms with Gasteiger partial charge in [-0.05, 0) is 49.8 Å². The fraction of sp³-hybridized carbons (Fsp3) is 0.747. The predicted molar refractivity (Wildman–Crippen MR) is 350 cm³/mol. The molecule has 1 saturated heterocycles. The summed E-state index contributed by atoms with van der Waals surface area (Å²) in [6.07, 6.45) is 46.7. The van der Waals surface area contributed by atoms with Crippen LogP contribution in [0.2, 0.25) is 0 Å². The lowest BCUT2D eigenvalue weighted by Crippen LogP contribution is -2.63.